The summed E-state index contributed by atoms with van der Waals surface area (Å²) in [5.41, 5.74) is -0.927. The molecule has 3 aliphatic rings. The third kappa shape index (κ3) is 4.62. The predicted octanol–water partition coefficient (Wildman–Crippen LogP) is 1.89. The number of hydrogen-bond acceptors (Lipinski definition) is 6. The molecular weight excluding hydrogens is 420 g/mol. The number of morpholine rings is 1. The van der Waals surface area contributed by atoms with Crippen molar-refractivity contribution in [1.82, 2.24) is 15.1 Å². The molecule has 33 heavy (non-hydrogen) atoms. The third-order valence-electron chi connectivity index (χ3n) is 5.42. The van der Waals surface area contributed by atoms with Crippen LogP contribution in [0.15, 0.2) is 42.3 Å². The largest absolute Gasteiger partial charge is 0.381 e. The number of hydrogen-bond donors (Lipinski definition) is 2. The van der Waals surface area contributed by atoms with Crippen LogP contribution in [-0.2, 0) is 34.0 Å². The Kier molecular flexibility index (Phi) is 3.32. The van der Waals surface area contributed by atoms with Gasteiger partial charge in [-0.25, -0.2) is 0 Å². The van der Waals surface area contributed by atoms with E-state index in [0.29, 0.717) is 31.2 Å². The maximum Gasteiger partial charge on any atom is 0.255 e. The van der Waals surface area contributed by atoms with Crippen molar-refractivity contribution in [3.63, 3.8) is 0 Å². The molecule has 3 aliphatic heterocycles. The average molecular weight is 461 g/mol. The highest BCUT2D eigenvalue weighted by Gasteiger charge is 2.39. The van der Waals surface area contributed by atoms with Gasteiger partial charge in [0.05, 0.1) is 24.2 Å². The van der Waals surface area contributed by atoms with Crippen molar-refractivity contribution in [3.8, 4) is 0 Å². The van der Waals surface area contributed by atoms with E-state index in [1.807, 2.05) is 4.90 Å². The van der Waals surface area contributed by atoms with Gasteiger partial charge in [-0.15, -0.1) is 0 Å². The summed E-state index contributed by atoms with van der Waals surface area (Å²) in [6, 6.07) is -6.71. The molecule has 8 heteroatoms. The fraction of sp³-hybridized carbons (Fsp3) is 0.400. The van der Waals surface area contributed by atoms with Crippen LogP contribution in [0.5, 0.6) is 0 Å². The lowest BCUT2D eigenvalue weighted by molar-refractivity contribution is -0.136. The van der Waals surface area contributed by atoms with E-state index >= 15 is 0 Å². The lowest BCUT2D eigenvalue weighted by Crippen LogP contribution is -2.52. The monoisotopic (exact) mass is 460 g/mol. The zero-order valence-corrected chi connectivity index (χ0v) is 17.5. The van der Waals surface area contributed by atoms with Crippen LogP contribution in [-0.4, -0.2) is 59.8 Å². The van der Waals surface area contributed by atoms with Gasteiger partial charge in [-0.1, -0.05) is 30.2 Å². The molecule has 0 spiro atoms. The number of carbonyl (C=O) groups excluding carboxylic acids is 3. The van der Waals surface area contributed by atoms with Crippen LogP contribution >= 0.6 is 0 Å². The van der Waals surface area contributed by atoms with Crippen molar-refractivity contribution in [2.24, 2.45) is 0 Å². The van der Waals surface area contributed by atoms with E-state index in [9.17, 15) is 14.4 Å². The molecule has 0 unspecified atom stereocenters. The second-order valence-corrected chi connectivity index (χ2v) is 7.58. The van der Waals surface area contributed by atoms with Crippen molar-refractivity contribution in [1.29, 1.82) is 0 Å². The van der Waals surface area contributed by atoms with Crippen LogP contribution in [0.3, 0.4) is 0 Å². The van der Waals surface area contributed by atoms with E-state index in [-0.39, 0.29) is 53.1 Å². The second kappa shape index (κ2) is 9.33. The second-order valence-electron chi connectivity index (χ2n) is 7.58. The Labute approximate surface area is 209 Å². The molecule has 3 heterocycles. The van der Waals surface area contributed by atoms with Crippen LogP contribution in [0.4, 0.5) is 5.69 Å². The van der Waals surface area contributed by atoms with Crippen molar-refractivity contribution in [2.75, 3.05) is 31.6 Å². The molecular formula is C25H28N4O4. The highest BCUT2D eigenvalue weighted by Crippen LogP contribution is 2.32. The quantitative estimate of drug-likeness (QED) is 0.640. The number of ether oxygens (including phenoxy) is 1. The zero-order valence-electron chi connectivity index (χ0n) is 29.5. The van der Waals surface area contributed by atoms with Gasteiger partial charge in [-0.05, 0) is 29.6 Å². The molecule has 2 saturated heterocycles. The van der Waals surface area contributed by atoms with Gasteiger partial charge in [0, 0.05) is 61.4 Å². The van der Waals surface area contributed by atoms with Crippen LogP contribution in [0.1, 0.15) is 56.2 Å². The van der Waals surface area contributed by atoms with Crippen molar-refractivity contribution in [2.45, 2.75) is 38.4 Å². The molecule has 2 aromatic rings. The minimum absolute atomic E-state index is 0.0989. The normalized spacial score (nSPS) is 31.6. The Morgan fingerprint density at radius 3 is 2.67 bits per heavy atom. The average Bonchev–Trinajstić information content (AvgIpc) is 3.34. The van der Waals surface area contributed by atoms with E-state index in [1.165, 1.54) is 0 Å². The van der Waals surface area contributed by atoms with Gasteiger partial charge >= 0.3 is 0 Å². The number of anilines is 1. The summed E-state index contributed by atoms with van der Waals surface area (Å²) in [6.45, 7) is 1.01. The summed E-state index contributed by atoms with van der Waals surface area (Å²) in [5, 5.41) is 4.35. The Hall–Kier alpha value is -3.23. The predicted molar refractivity (Wildman–Crippen MR) is 122 cm³/mol. The number of benzene rings is 2. The molecule has 8 nitrogen and oxygen atoms in total. The standard InChI is InChI=1S/C25H28N4O4/c30-23-9-8-22(24(31)27-23)29-16-20-19(25(29)32)2-1-3-21(20)26-14-17-4-6-18(7-5-17)15-28-10-12-33-13-11-28/h1-7,22,26H,8-16H2,(H,27,30,31)/t22-/m0/s1/i1D,2D,3D,4D,5D,6D,7D,8D2,9D2,22D. The van der Waals surface area contributed by atoms with Crippen molar-refractivity contribution < 1.29 is 35.6 Å². The number of nitrogens with one attached hydrogen (secondary N) is 2. The van der Waals surface area contributed by atoms with Gasteiger partial charge in [-0.2, -0.15) is 0 Å². The van der Waals surface area contributed by atoms with E-state index in [4.69, 9.17) is 21.2 Å². The first-order valence-electron chi connectivity index (χ1n) is 16.3. The molecule has 0 saturated carbocycles. The number of fused-ring (bicyclic) bond motifs is 1. The number of imide groups is 1. The van der Waals surface area contributed by atoms with Crippen molar-refractivity contribution >= 4 is 23.4 Å². The topological polar surface area (TPSA) is 91.0 Å². The molecule has 2 N–H and O–H groups in total. The Morgan fingerprint density at radius 2 is 1.88 bits per heavy atom. The molecule has 1 atom stereocenters. The van der Waals surface area contributed by atoms with Gasteiger partial charge in [0.15, 0.2) is 0 Å². The Bertz CT molecular complexity index is 1620. The van der Waals surface area contributed by atoms with E-state index in [0.717, 1.165) is 0 Å². The van der Waals surface area contributed by atoms with Gasteiger partial charge in [0.25, 0.3) is 5.91 Å². The lowest BCUT2D eigenvalue weighted by Gasteiger charge is -2.29. The highest BCUT2D eigenvalue weighted by atomic mass is 16.5. The number of rotatable bonds is 6. The summed E-state index contributed by atoms with van der Waals surface area (Å²) in [5.74, 6) is -4.53. The SMILES string of the molecule is [2H]c1c([2H])c(NCc2c([2H])c([2H])c(CN3CCOCC3)c([2H])c2[2H])c2c(c1[2H])C(=O)N([C@]1([2H])C(=O)NC(=O)C([2H])([2H])C1([2H])[2H])C2. The third-order valence-corrected chi connectivity index (χ3v) is 5.42. The number of nitrogens with zero attached hydrogens (tertiary/aromatic N) is 2. The summed E-state index contributed by atoms with van der Waals surface area (Å²) >= 11 is 0. The zero-order chi connectivity index (χ0) is 33.4. The number of piperidine rings is 1. The van der Waals surface area contributed by atoms with Gasteiger partial charge in [0.2, 0.25) is 11.8 Å². The molecule has 3 amide bonds. The van der Waals surface area contributed by atoms with Gasteiger partial charge in [-0.3, -0.25) is 24.6 Å². The first-order valence-corrected chi connectivity index (χ1v) is 10.3. The highest BCUT2D eigenvalue weighted by molar-refractivity contribution is 6.06. The van der Waals surface area contributed by atoms with Crippen LogP contribution < -0.4 is 10.6 Å². The maximum atomic E-state index is 13.6. The first-order chi connectivity index (χ1) is 20.9. The molecule has 172 valence electrons. The minimum Gasteiger partial charge on any atom is -0.381 e. The molecule has 0 radical (unpaired) electrons. The fourth-order valence-electron chi connectivity index (χ4n) is 3.72. The van der Waals surface area contributed by atoms with Crippen LogP contribution in [0.2, 0.25) is 0 Å². The summed E-state index contributed by atoms with van der Waals surface area (Å²) in [4.78, 5) is 40.8. The molecule has 2 aromatic carbocycles. The summed E-state index contributed by atoms with van der Waals surface area (Å²) in [7, 11) is 0. The van der Waals surface area contributed by atoms with E-state index < -0.39 is 73.3 Å². The smallest absolute Gasteiger partial charge is 0.255 e. The fourth-order valence-corrected chi connectivity index (χ4v) is 3.72. The Balaban J connectivity index is 1.52. The molecule has 2 fully saturated rings. The van der Waals surface area contributed by atoms with Crippen molar-refractivity contribution in [3.05, 3.63) is 64.6 Å². The van der Waals surface area contributed by atoms with E-state index in [1.54, 1.807) is 5.32 Å². The van der Waals surface area contributed by atoms with Gasteiger partial charge in [0.1, 0.15) is 6.02 Å². The molecule has 0 aliphatic carbocycles. The summed E-state index contributed by atoms with van der Waals surface area (Å²) in [6.07, 6.45) is -6.99. The van der Waals surface area contributed by atoms with Gasteiger partial charge < -0.3 is 15.0 Å². The Morgan fingerprint density at radius 1 is 1.12 bits per heavy atom. The molecule has 0 bridgehead atoms. The maximum absolute atomic E-state index is 13.6. The first kappa shape index (κ1) is 11.8. The minimum atomic E-state index is -3.57. The molecule has 0 aromatic heterocycles. The summed E-state index contributed by atoms with van der Waals surface area (Å²) < 4.78 is 106. The molecule has 5 rings (SSSR count). The van der Waals surface area contributed by atoms with Crippen LogP contribution in [0, 0.1) is 0 Å². The number of amides is 3. The van der Waals surface area contributed by atoms with Crippen LogP contribution in [0.25, 0.3) is 0 Å². The lowest BCUT2D eigenvalue weighted by atomic mass is 10.0. The number of carbonyl (C=O) groups is 3. The van der Waals surface area contributed by atoms with E-state index in [2.05, 4.69) is 5.32 Å².